The number of fused-ring (bicyclic) bond motifs is 2. The van der Waals surface area contributed by atoms with E-state index in [2.05, 4.69) is 88.5 Å². The van der Waals surface area contributed by atoms with Crippen molar-refractivity contribution in [1.82, 2.24) is 20.6 Å². The molecule has 1 aromatic rings. The number of likely N-dealkylation sites (N-methyl/N-ethyl adjacent to an activating group) is 1. The lowest BCUT2D eigenvalue weighted by Crippen LogP contribution is -2.58. The summed E-state index contributed by atoms with van der Waals surface area (Å²) in [7, 11) is 4.25. The molecule has 39 heavy (non-hydrogen) atoms. The topological polar surface area (TPSA) is 77.1 Å². The lowest BCUT2D eigenvalue weighted by atomic mass is 9.48. The smallest absolute Gasteiger partial charge is 0.240 e. The van der Waals surface area contributed by atoms with Crippen molar-refractivity contribution in [1.29, 1.82) is 0 Å². The lowest BCUT2D eigenvalue weighted by Gasteiger charge is -2.59. The summed E-state index contributed by atoms with van der Waals surface area (Å²) < 4.78 is 0. The molecule has 7 nitrogen and oxygen atoms in total. The number of carbonyl (C=O) groups excluding carboxylic acids is 1. The molecule has 1 unspecified atom stereocenters. The first-order valence-electron chi connectivity index (χ1n) is 15.3. The Morgan fingerprint density at radius 1 is 1.18 bits per heavy atom. The number of rotatable bonds is 13. The van der Waals surface area contributed by atoms with Crippen LogP contribution in [0.15, 0.2) is 24.3 Å². The van der Waals surface area contributed by atoms with Crippen LogP contribution in [0.2, 0.25) is 0 Å². The van der Waals surface area contributed by atoms with Gasteiger partial charge in [0.25, 0.3) is 0 Å². The summed E-state index contributed by atoms with van der Waals surface area (Å²) in [5, 5.41) is 19.1. The van der Waals surface area contributed by atoms with Crippen LogP contribution >= 0.6 is 0 Å². The fourth-order valence-electron chi connectivity index (χ4n) is 7.47. The number of hydroxylamine groups is 2. The molecule has 4 fully saturated rings. The van der Waals surface area contributed by atoms with Crippen molar-refractivity contribution >= 4 is 5.91 Å². The van der Waals surface area contributed by atoms with Gasteiger partial charge in [-0.25, -0.2) is 0 Å². The monoisotopic (exact) mass is 542 g/mol. The van der Waals surface area contributed by atoms with Crippen molar-refractivity contribution in [3.63, 3.8) is 0 Å². The Morgan fingerprint density at radius 3 is 2.46 bits per heavy atom. The zero-order valence-corrected chi connectivity index (χ0v) is 25.5. The second-order valence-corrected chi connectivity index (χ2v) is 13.8. The van der Waals surface area contributed by atoms with E-state index in [9.17, 15) is 9.90 Å². The predicted molar refractivity (Wildman–Crippen MR) is 157 cm³/mol. The Balaban J connectivity index is 1.41. The minimum absolute atomic E-state index is 0.0303. The summed E-state index contributed by atoms with van der Waals surface area (Å²) >= 11 is 0. The van der Waals surface area contributed by atoms with Crippen LogP contribution in [-0.2, 0) is 22.7 Å². The maximum atomic E-state index is 13.7. The van der Waals surface area contributed by atoms with E-state index in [1.165, 1.54) is 12.0 Å². The first kappa shape index (κ1) is 30.4. The van der Waals surface area contributed by atoms with Gasteiger partial charge in [0.05, 0.1) is 13.2 Å². The van der Waals surface area contributed by atoms with Crippen molar-refractivity contribution in [3.8, 4) is 0 Å². The van der Waals surface area contributed by atoms with Crippen LogP contribution in [0.3, 0.4) is 0 Å². The van der Waals surface area contributed by atoms with E-state index in [4.69, 9.17) is 4.84 Å². The molecule has 3 saturated carbocycles. The third kappa shape index (κ3) is 7.23. The summed E-state index contributed by atoms with van der Waals surface area (Å²) in [5.74, 6) is 2.08. The van der Waals surface area contributed by atoms with Gasteiger partial charge < -0.3 is 20.6 Å². The molecular formula is C32H54N4O3. The van der Waals surface area contributed by atoms with Crippen LogP contribution in [0.4, 0.5) is 0 Å². The molecule has 4 aliphatic rings. The van der Waals surface area contributed by atoms with Gasteiger partial charge in [-0.2, -0.15) is 5.06 Å². The Hall–Kier alpha value is -1.51. The molecule has 0 aromatic heterocycles. The van der Waals surface area contributed by atoms with Crippen molar-refractivity contribution in [2.24, 2.45) is 29.1 Å². The third-order valence-electron chi connectivity index (χ3n) is 9.81. The highest BCUT2D eigenvalue weighted by atomic mass is 16.7. The van der Waals surface area contributed by atoms with Crippen LogP contribution in [0.5, 0.6) is 0 Å². The van der Waals surface area contributed by atoms with Gasteiger partial charge in [0.15, 0.2) is 0 Å². The fraction of sp³-hybridized carbons (Fsp3) is 0.781. The van der Waals surface area contributed by atoms with Crippen LogP contribution in [0.25, 0.3) is 0 Å². The standard InChI is InChI=1S/C32H54N4O3/c1-8-28-29(20-37)39-36(30(28)31(38)34-26-15-24-14-25(16-26)32(24,4)5)18-23-11-9-10-22(13-23)17-33-27(12-21(2)3)19-35(6)7/h9-11,13,21,24-30,33,37H,8,12,14-20H2,1-7H3,(H,34,38)/t24-,25+,26?,27-,28+,29-,30-/m0/s1. The molecule has 7 heteroatoms. The number of hydrogen-bond donors (Lipinski definition) is 3. The number of nitrogens with one attached hydrogen (secondary N) is 2. The number of aliphatic hydroxyl groups excluding tert-OH is 1. The minimum Gasteiger partial charge on any atom is -0.394 e. The van der Waals surface area contributed by atoms with Gasteiger partial charge in [0, 0.05) is 31.1 Å². The van der Waals surface area contributed by atoms with E-state index in [0.717, 1.165) is 44.3 Å². The Morgan fingerprint density at radius 2 is 1.87 bits per heavy atom. The largest absolute Gasteiger partial charge is 0.394 e. The molecule has 0 spiro atoms. The highest BCUT2D eigenvalue weighted by Gasteiger charge is 2.53. The van der Waals surface area contributed by atoms with E-state index in [-0.39, 0.29) is 30.6 Å². The van der Waals surface area contributed by atoms with Crippen molar-refractivity contribution < 1.29 is 14.7 Å². The van der Waals surface area contributed by atoms with Crippen LogP contribution < -0.4 is 10.6 Å². The first-order valence-corrected chi connectivity index (χ1v) is 15.3. The Labute approximate surface area is 237 Å². The molecule has 1 saturated heterocycles. The molecule has 5 rings (SSSR count). The molecule has 7 atom stereocenters. The maximum absolute atomic E-state index is 13.7. The average molecular weight is 543 g/mol. The highest BCUT2D eigenvalue weighted by molar-refractivity contribution is 5.82. The van der Waals surface area contributed by atoms with Gasteiger partial charge in [0.1, 0.15) is 12.1 Å². The number of hydrogen-bond acceptors (Lipinski definition) is 6. The normalized spacial score (nSPS) is 30.9. The number of aliphatic hydroxyl groups is 1. The summed E-state index contributed by atoms with van der Waals surface area (Å²) in [6.07, 6.45) is 5.03. The molecule has 1 aliphatic heterocycles. The van der Waals surface area contributed by atoms with Gasteiger partial charge in [-0.05, 0) is 80.5 Å². The molecule has 1 amide bonds. The molecular weight excluding hydrogens is 488 g/mol. The van der Waals surface area contributed by atoms with Crippen LogP contribution in [0, 0.1) is 29.1 Å². The summed E-state index contributed by atoms with van der Waals surface area (Å²) in [4.78, 5) is 22.2. The van der Waals surface area contributed by atoms with Gasteiger partial charge >= 0.3 is 0 Å². The van der Waals surface area contributed by atoms with Crippen molar-refractivity contribution in [3.05, 3.63) is 35.4 Å². The van der Waals surface area contributed by atoms with E-state index in [1.807, 2.05) is 5.06 Å². The second-order valence-electron chi connectivity index (χ2n) is 13.8. The van der Waals surface area contributed by atoms with Crippen molar-refractivity contribution in [2.45, 2.75) is 104 Å². The zero-order valence-electron chi connectivity index (χ0n) is 25.5. The number of benzene rings is 1. The minimum atomic E-state index is -0.393. The average Bonchev–Trinajstić information content (AvgIpc) is 3.24. The molecule has 3 N–H and O–H groups in total. The molecule has 1 heterocycles. The highest BCUT2D eigenvalue weighted by Crippen LogP contribution is 2.59. The Kier molecular flexibility index (Phi) is 10.1. The van der Waals surface area contributed by atoms with Crippen LogP contribution in [-0.4, -0.2) is 72.5 Å². The quantitative estimate of drug-likeness (QED) is 0.347. The Bertz CT molecular complexity index is 927. The zero-order chi connectivity index (χ0) is 28.3. The van der Waals surface area contributed by atoms with Gasteiger partial charge in [-0.15, -0.1) is 0 Å². The fourth-order valence-corrected chi connectivity index (χ4v) is 7.47. The number of carbonyl (C=O) groups is 1. The third-order valence-corrected chi connectivity index (χ3v) is 9.81. The lowest BCUT2D eigenvalue weighted by molar-refractivity contribution is -0.182. The maximum Gasteiger partial charge on any atom is 0.240 e. The molecule has 1 aromatic carbocycles. The van der Waals surface area contributed by atoms with Crippen molar-refractivity contribution in [2.75, 3.05) is 27.2 Å². The number of nitrogens with zero attached hydrogens (tertiary/aromatic N) is 2. The number of amides is 1. The summed E-state index contributed by atoms with van der Waals surface area (Å²) in [6.45, 7) is 13.7. The summed E-state index contributed by atoms with van der Waals surface area (Å²) in [6, 6.07) is 8.87. The first-order chi connectivity index (χ1) is 18.5. The SMILES string of the molecule is CC[C@@H]1[C@H](CO)ON(Cc2cccc(CN[C@@H](CC(C)C)CN(C)C)c2)[C@@H]1C(=O)NC1C[C@@H]2C[C@H](C1)C2(C)C. The summed E-state index contributed by atoms with van der Waals surface area (Å²) in [5.41, 5.74) is 2.77. The van der Waals surface area contributed by atoms with Gasteiger partial charge in [0.2, 0.25) is 5.91 Å². The second kappa shape index (κ2) is 13.0. The van der Waals surface area contributed by atoms with E-state index in [0.29, 0.717) is 35.8 Å². The molecule has 3 aliphatic carbocycles. The van der Waals surface area contributed by atoms with E-state index < -0.39 is 6.04 Å². The van der Waals surface area contributed by atoms with Gasteiger partial charge in [-0.3, -0.25) is 9.63 Å². The van der Waals surface area contributed by atoms with E-state index >= 15 is 0 Å². The van der Waals surface area contributed by atoms with E-state index in [1.54, 1.807) is 0 Å². The molecule has 0 radical (unpaired) electrons. The molecule has 2 bridgehead atoms. The molecule has 220 valence electrons. The van der Waals surface area contributed by atoms with Gasteiger partial charge in [-0.1, -0.05) is 58.9 Å². The predicted octanol–water partition coefficient (Wildman–Crippen LogP) is 4.20. The van der Waals surface area contributed by atoms with Crippen LogP contribution in [0.1, 0.15) is 77.8 Å².